The van der Waals surface area contributed by atoms with E-state index in [0.717, 1.165) is 12.5 Å². The van der Waals surface area contributed by atoms with Gasteiger partial charge < -0.3 is 70.2 Å². The van der Waals surface area contributed by atoms with Crippen LogP contribution >= 0.6 is 0 Å². The molecule has 5 fully saturated rings. The zero-order valence-electron chi connectivity index (χ0n) is 33.9. The lowest BCUT2D eigenvalue weighted by Gasteiger charge is -2.59. The minimum atomic E-state index is -2.81. The molecule has 2 heterocycles. The molecule has 0 bridgehead atoms. The summed E-state index contributed by atoms with van der Waals surface area (Å²) in [5.41, 5.74) is -2.73. The van der Waals surface area contributed by atoms with E-state index in [1.807, 2.05) is 13.0 Å². The first-order valence-electron chi connectivity index (χ1n) is 20.2. The van der Waals surface area contributed by atoms with Gasteiger partial charge in [0.2, 0.25) is 5.91 Å². The Bertz CT molecular complexity index is 1810. The van der Waals surface area contributed by atoms with Gasteiger partial charge >= 0.3 is 5.97 Å². The van der Waals surface area contributed by atoms with Crippen LogP contribution in [0.25, 0.3) is 0 Å². The van der Waals surface area contributed by atoms with Gasteiger partial charge in [-0.25, -0.2) is 4.79 Å². The molecular weight excluding hydrogens is 794 g/mol. The molecule has 4 aliphatic carbocycles. The summed E-state index contributed by atoms with van der Waals surface area (Å²) in [5.74, 6) is -7.31. The van der Waals surface area contributed by atoms with E-state index >= 15 is 0 Å². The number of ketones is 2. The average Bonchev–Trinajstić information content (AvgIpc) is 3.39. The van der Waals surface area contributed by atoms with Crippen LogP contribution in [0, 0.1) is 34.5 Å². The highest BCUT2D eigenvalue weighted by Crippen LogP contribution is 2.68. The third-order valence-electron chi connectivity index (χ3n) is 14.4. The summed E-state index contributed by atoms with van der Waals surface area (Å²) in [6, 6.07) is -1.45. The standard InChI is InChI=1S/C40H57N3O17/c1-17-10-22-21-7-6-19-11-20(45)8-9-37(19,3)28(21)23(46)12-38(22,4)40(17,56)27(49)16-57-35-33(53)32(52)31(51)26(59-35)15-58-39(36(54)55)13-24(47)29(43-18(2)44)34(60-39)30(50)25(48)14-42-41-5/h8-9,11,17,21-26,28-35,46-48,50-53,56H,5-7,10,12-16H2,1-4H3,(H-,43,44,54,55)/p+1. The average molecular weight is 853 g/mol. The molecule has 6 rings (SSSR count). The highest BCUT2D eigenvalue weighted by molar-refractivity contribution is 6.01. The molecule has 19 unspecified atom stereocenters. The van der Waals surface area contributed by atoms with Gasteiger partial charge in [0.1, 0.15) is 61.5 Å². The summed E-state index contributed by atoms with van der Waals surface area (Å²) in [4.78, 5) is 54.3. The molecule has 334 valence electrons. The van der Waals surface area contributed by atoms with Gasteiger partial charge in [-0.05, 0) is 55.6 Å². The van der Waals surface area contributed by atoms with E-state index in [0.29, 0.717) is 19.3 Å². The molecule has 0 spiro atoms. The predicted molar refractivity (Wildman–Crippen MR) is 201 cm³/mol. The van der Waals surface area contributed by atoms with Crippen LogP contribution < -0.4 is 5.32 Å². The number of aliphatic carboxylic acids is 1. The predicted octanol–water partition coefficient (Wildman–Crippen LogP) is -2.83. The first kappa shape index (κ1) is 46.2. The lowest BCUT2D eigenvalue weighted by Crippen LogP contribution is -2.68. The van der Waals surface area contributed by atoms with E-state index in [2.05, 4.69) is 21.9 Å². The fourth-order valence-corrected chi connectivity index (χ4v) is 11.3. The highest BCUT2D eigenvalue weighted by atomic mass is 16.7. The van der Waals surface area contributed by atoms with Crippen molar-refractivity contribution in [3.05, 3.63) is 23.8 Å². The van der Waals surface area contributed by atoms with Crippen molar-refractivity contribution in [1.29, 1.82) is 0 Å². The van der Waals surface area contributed by atoms with Gasteiger partial charge in [-0.2, -0.15) is 0 Å². The van der Waals surface area contributed by atoms with Crippen LogP contribution in [-0.2, 0) is 38.1 Å². The zero-order chi connectivity index (χ0) is 44.3. The van der Waals surface area contributed by atoms with Gasteiger partial charge in [-0.1, -0.05) is 32.4 Å². The largest absolute Gasteiger partial charge is 0.477 e. The summed E-state index contributed by atoms with van der Waals surface area (Å²) in [6.07, 6.45) is -11.6. The number of nitrogens with zero attached hydrogens (tertiary/aromatic N) is 2. The number of rotatable bonds is 13. The third-order valence-corrected chi connectivity index (χ3v) is 14.4. The minimum Gasteiger partial charge on any atom is -0.477 e. The van der Waals surface area contributed by atoms with Crippen molar-refractivity contribution in [1.82, 2.24) is 5.32 Å². The summed E-state index contributed by atoms with van der Waals surface area (Å²) < 4.78 is 22.7. The van der Waals surface area contributed by atoms with Crippen molar-refractivity contribution in [3.63, 3.8) is 0 Å². The van der Waals surface area contributed by atoms with Crippen molar-refractivity contribution in [2.75, 3.05) is 19.8 Å². The third kappa shape index (κ3) is 7.73. The minimum absolute atomic E-state index is 0.0782. The number of allylic oxidation sites excluding steroid dienone is 4. The molecule has 0 aromatic carbocycles. The molecule has 0 radical (unpaired) electrons. The second-order valence-electron chi connectivity index (χ2n) is 17.8. The molecule has 10 N–H and O–H groups in total. The topological polar surface area (TPSA) is 326 Å². The lowest BCUT2D eigenvalue weighted by molar-refractivity contribution is -0.338. The van der Waals surface area contributed by atoms with E-state index in [9.17, 15) is 65.1 Å². The molecule has 0 aromatic rings. The number of carboxylic acids is 1. The number of fused-ring (bicyclic) bond motifs is 5. The van der Waals surface area contributed by atoms with Crippen molar-refractivity contribution < 1.29 is 88.9 Å². The van der Waals surface area contributed by atoms with E-state index in [1.165, 1.54) is 6.08 Å². The molecule has 2 saturated heterocycles. The number of hydrogen-bond acceptors (Lipinski definition) is 17. The van der Waals surface area contributed by atoms with Crippen molar-refractivity contribution in [3.8, 4) is 0 Å². The second-order valence-corrected chi connectivity index (χ2v) is 17.8. The molecular formula is C40H58N3O17+. The highest BCUT2D eigenvalue weighted by Gasteiger charge is 2.70. The Morgan fingerprint density at radius 1 is 1.08 bits per heavy atom. The number of ether oxygens (including phenoxy) is 4. The molecule has 0 aromatic heterocycles. The number of nitrogens with one attached hydrogen (secondary N) is 1. The molecule has 6 aliphatic rings. The Morgan fingerprint density at radius 3 is 2.43 bits per heavy atom. The smallest absolute Gasteiger partial charge is 0.364 e. The molecule has 1 amide bonds. The molecule has 20 heteroatoms. The second kappa shape index (κ2) is 17.1. The van der Waals surface area contributed by atoms with Crippen molar-refractivity contribution in [2.24, 2.45) is 39.6 Å². The Balaban J connectivity index is 1.16. The number of carbonyl (C=O) groups is 4. The van der Waals surface area contributed by atoms with Crippen LogP contribution in [0.5, 0.6) is 0 Å². The Kier molecular flexibility index (Phi) is 13.1. The number of hydrogen-bond donors (Lipinski definition) is 10. The van der Waals surface area contributed by atoms with Crippen molar-refractivity contribution >= 4 is 30.2 Å². The van der Waals surface area contributed by atoms with Crippen LogP contribution in [-0.4, -0.2) is 179 Å². The van der Waals surface area contributed by atoms with Crippen LogP contribution in [0.2, 0.25) is 0 Å². The van der Waals surface area contributed by atoms with Crippen LogP contribution in [0.1, 0.15) is 59.8 Å². The first-order valence-corrected chi connectivity index (χ1v) is 20.2. The maximum absolute atomic E-state index is 14.2. The normalized spacial score (nSPS) is 45.8. The first-order chi connectivity index (χ1) is 28.1. The van der Waals surface area contributed by atoms with Crippen molar-refractivity contribution in [2.45, 2.75) is 138 Å². The number of amides is 1. The zero-order valence-corrected chi connectivity index (χ0v) is 33.9. The Labute approximate surface area is 345 Å². The number of aliphatic hydroxyl groups excluding tert-OH is 7. The Morgan fingerprint density at radius 2 is 1.78 bits per heavy atom. The van der Waals surface area contributed by atoms with Gasteiger partial charge in [-0.15, -0.1) is 0 Å². The number of Topliss-reactive ketones (excluding diaryl/α,β-unsaturated/α-hetero) is 1. The SMILES string of the molecule is C=[N+]=NCC(O)C(O)C1OC(OCC2OC(OCC(=O)C3(O)C(C)CC4C5CCC6=CC(=O)C=CC6(C)C5C(O)CC43C)C(O)C(O)C2O)(C(=O)O)CC(O)C1NC(C)=O. The van der Waals surface area contributed by atoms with E-state index in [4.69, 9.17) is 18.9 Å². The van der Waals surface area contributed by atoms with Gasteiger partial charge in [0.05, 0.1) is 30.0 Å². The van der Waals surface area contributed by atoms with E-state index in [-0.39, 0.29) is 30.0 Å². The quantitative estimate of drug-likeness (QED) is 0.0507. The fraction of sp³-hybridized carbons (Fsp3) is 0.775. The van der Waals surface area contributed by atoms with Crippen LogP contribution in [0.4, 0.5) is 0 Å². The summed E-state index contributed by atoms with van der Waals surface area (Å²) in [6.45, 7) is 7.51. The lowest BCUT2D eigenvalue weighted by atomic mass is 9.46. The fourth-order valence-electron chi connectivity index (χ4n) is 11.3. The van der Waals surface area contributed by atoms with Gasteiger partial charge in [0.15, 0.2) is 17.9 Å². The summed E-state index contributed by atoms with van der Waals surface area (Å²) in [7, 11) is 0. The van der Waals surface area contributed by atoms with Gasteiger partial charge in [0.25, 0.3) is 12.5 Å². The molecule has 19 atom stereocenters. The van der Waals surface area contributed by atoms with Gasteiger partial charge in [-0.3, -0.25) is 14.4 Å². The van der Waals surface area contributed by atoms with E-state index < -0.39 is 139 Å². The summed E-state index contributed by atoms with van der Waals surface area (Å²) >= 11 is 0. The van der Waals surface area contributed by atoms with E-state index in [1.54, 1.807) is 19.9 Å². The Hall–Kier alpha value is -3.34. The summed E-state index contributed by atoms with van der Waals surface area (Å²) in [5, 5.41) is 105. The van der Waals surface area contributed by atoms with Crippen LogP contribution in [0.3, 0.4) is 0 Å². The number of aliphatic hydroxyl groups is 8. The molecule has 20 nitrogen and oxygen atoms in total. The molecule has 60 heavy (non-hydrogen) atoms. The van der Waals surface area contributed by atoms with Crippen LogP contribution in [0.15, 0.2) is 28.9 Å². The number of carbonyl (C=O) groups excluding carboxylic acids is 3. The van der Waals surface area contributed by atoms with Gasteiger partial charge in [0, 0.05) is 34.9 Å². The maximum atomic E-state index is 14.2. The molecule has 3 saturated carbocycles. The number of carboxylic acid groups (broad SMARTS) is 1. The maximum Gasteiger partial charge on any atom is 0.364 e. The molecule has 2 aliphatic heterocycles. The monoisotopic (exact) mass is 852 g/mol.